The van der Waals surface area contributed by atoms with Gasteiger partial charge in [0, 0.05) is 10.4 Å². The molecular formula is C16H21BrO2. The highest BCUT2D eigenvalue weighted by atomic mass is 79.9. The zero-order chi connectivity index (χ0) is 14.4. The van der Waals surface area contributed by atoms with Crippen molar-refractivity contribution in [2.45, 2.75) is 46.1 Å². The van der Waals surface area contributed by atoms with Crippen LogP contribution in [0.1, 0.15) is 46.1 Å². The minimum atomic E-state index is -0.419. The standard InChI is InChI=1S/C16H21BrO2/c1-15(2,3)19-14(18)13-12(16(13,4)5)10-7-6-8-11(17)9-10/h6-9,12-13H,1-5H3/t12?,13-/m1/s1. The fourth-order valence-electron chi connectivity index (χ4n) is 2.77. The Kier molecular flexibility index (Phi) is 3.54. The summed E-state index contributed by atoms with van der Waals surface area (Å²) in [5.41, 5.74) is 0.760. The van der Waals surface area contributed by atoms with E-state index in [-0.39, 0.29) is 23.2 Å². The molecule has 0 aromatic heterocycles. The summed E-state index contributed by atoms with van der Waals surface area (Å²) < 4.78 is 6.58. The molecule has 0 aliphatic heterocycles. The van der Waals surface area contributed by atoms with Crippen molar-refractivity contribution in [2.75, 3.05) is 0 Å². The normalized spacial score (nSPS) is 24.9. The molecule has 19 heavy (non-hydrogen) atoms. The van der Waals surface area contributed by atoms with Gasteiger partial charge in [-0.25, -0.2) is 0 Å². The van der Waals surface area contributed by atoms with Gasteiger partial charge >= 0.3 is 5.97 Å². The van der Waals surface area contributed by atoms with Crippen LogP contribution in [0.4, 0.5) is 0 Å². The molecule has 3 heteroatoms. The molecule has 0 spiro atoms. The summed E-state index contributed by atoms with van der Waals surface area (Å²) in [7, 11) is 0. The Balaban J connectivity index is 2.19. The van der Waals surface area contributed by atoms with Crippen molar-refractivity contribution in [1.82, 2.24) is 0 Å². The first-order valence-corrected chi connectivity index (χ1v) is 7.40. The van der Waals surface area contributed by atoms with Crippen LogP contribution in [0.5, 0.6) is 0 Å². The van der Waals surface area contributed by atoms with Gasteiger partial charge in [-0.05, 0) is 43.9 Å². The van der Waals surface area contributed by atoms with Crippen molar-refractivity contribution in [3.63, 3.8) is 0 Å². The topological polar surface area (TPSA) is 26.3 Å². The maximum atomic E-state index is 12.3. The minimum absolute atomic E-state index is 0.0247. The summed E-state index contributed by atoms with van der Waals surface area (Å²) in [5.74, 6) is 0.128. The van der Waals surface area contributed by atoms with Crippen LogP contribution in [0.3, 0.4) is 0 Å². The molecule has 104 valence electrons. The van der Waals surface area contributed by atoms with E-state index in [0.717, 1.165) is 4.47 Å². The fraction of sp³-hybridized carbons (Fsp3) is 0.562. The van der Waals surface area contributed by atoms with Gasteiger partial charge in [-0.2, -0.15) is 0 Å². The predicted octanol–water partition coefficient (Wildman–Crippen LogP) is 4.53. The lowest BCUT2D eigenvalue weighted by atomic mass is 10.0. The Hall–Kier alpha value is -0.830. The summed E-state index contributed by atoms with van der Waals surface area (Å²) in [6.45, 7) is 10.00. The van der Waals surface area contributed by atoms with Crippen molar-refractivity contribution in [3.05, 3.63) is 34.3 Å². The number of benzene rings is 1. The van der Waals surface area contributed by atoms with Gasteiger partial charge in [-0.1, -0.05) is 41.9 Å². The van der Waals surface area contributed by atoms with Gasteiger partial charge < -0.3 is 4.74 Å². The Morgan fingerprint density at radius 1 is 1.32 bits per heavy atom. The average Bonchev–Trinajstić information content (AvgIpc) is 2.79. The Labute approximate surface area is 123 Å². The largest absolute Gasteiger partial charge is 0.460 e. The van der Waals surface area contributed by atoms with E-state index in [1.165, 1.54) is 5.56 Å². The second-order valence-corrected chi connectivity index (χ2v) is 7.78. The van der Waals surface area contributed by atoms with Crippen molar-refractivity contribution < 1.29 is 9.53 Å². The number of esters is 1. The van der Waals surface area contributed by atoms with E-state index in [1.54, 1.807) is 0 Å². The summed E-state index contributed by atoms with van der Waals surface area (Å²) in [6.07, 6.45) is 0. The number of rotatable bonds is 2. The molecule has 1 aliphatic rings. The molecule has 1 aliphatic carbocycles. The molecule has 0 N–H and O–H groups in total. The van der Waals surface area contributed by atoms with Crippen LogP contribution in [0.15, 0.2) is 28.7 Å². The SMILES string of the molecule is CC(C)(C)OC(=O)[C@H]1C(c2cccc(Br)c2)C1(C)C. The second-order valence-electron chi connectivity index (χ2n) is 6.87. The van der Waals surface area contributed by atoms with Gasteiger partial charge in [0.05, 0.1) is 5.92 Å². The summed E-state index contributed by atoms with van der Waals surface area (Å²) in [5, 5.41) is 0. The smallest absolute Gasteiger partial charge is 0.310 e. The molecule has 1 aromatic carbocycles. The van der Waals surface area contributed by atoms with Crippen LogP contribution < -0.4 is 0 Å². The quantitative estimate of drug-likeness (QED) is 0.747. The first kappa shape index (κ1) is 14.6. The summed E-state index contributed by atoms with van der Waals surface area (Å²) in [4.78, 5) is 12.3. The van der Waals surface area contributed by atoms with Crippen LogP contribution in [-0.4, -0.2) is 11.6 Å². The van der Waals surface area contributed by atoms with E-state index in [2.05, 4.69) is 41.9 Å². The van der Waals surface area contributed by atoms with E-state index >= 15 is 0 Å². The maximum Gasteiger partial charge on any atom is 0.310 e. The zero-order valence-electron chi connectivity index (χ0n) is 12.2. The highest BCUT2D eigenvalue weighted by Gasteiger charge is 2.63. The number of halogens is 1. The molecule has 0 saturated heterocycles. The van der Waals surface area contributed by atoms with Crippen LogP contribution in [0.2, 0.25) is 0 Å². The molecule has 1 fully saturated rings. The van der Waals surface area contributed by atoms with E-state index in [1.807, 2.05) is 32.9 Å². The predicted molar refractivity (Wildman–Crippen MR) is 80.0 cm³/mol. The molecule has 0 heterocycles. The zero-order valence-corrected chi connectivity index (χ0v) is 13.7. The fourth-order valence-corrected chi connectivity index (χ4v) is 3.18. The third-order valence-electron chi connectivity index (χ3n) is 3.70. The lowest BCUT2D eigenvalue weighted by Crippen LogP contribution is -2.26. The van der Waals surface area contributed by atoms with Crippen molar-refractivity contribution >= 4 is 21.9 Å². The number of carbonyl (C=O) groups is 1. The number of ether oxygens (including phenoxy) is 1. The Morgan fingerprint density at radius 3 is 2.47 bits per heavy atom. The van der Waals surface area contributed by atoms with Crippen LogP contribution in [0.25, 0.3) is 0 Å². The summed E-state index contributed by atoms with van der Waals surface area (Å²) in [6, 6.07) is 8.19. The molecule has 2 rings (SSSR count). The molecular weight excluding hydrogens is 304 g/mol. The molecule has 1 aromatic rings. The minimum Gasteiger partial charge on any atom is -0.460 e. The van der Waals surface area contributed by atoms with Gasteiger partial charge in [-0.15, -0.1) is 0 Å². The lowest BCUT2D eigenvalue weighted by molar-refractivity contribution is -0.157. The maximum absolute atomic E-state index is 12.3. The molecule has 0 amide bonds. The number of hydrogen-bond donors (Lipinski definition) is 0. The van der Waals surface area contributed by atoms with Crippen LogP contribution >= 0.6 is 15.9 Å². The lowest BCUT2D eigenvalue weighted by Gasteiger charge is -2.20. The van der Waals surface area contributed by atoms with E-state index in [0.29, 0.717) is 0 Å². The second kappa shape index (κ2) is 4.62. The Bertz CT molecular complexity index is 500. The average molecular weight is 325 g/mol. The van der Waals surface area contributed by atoms with Gasteiger partial charge in [0.25, 0.3) is 0 Å². The first-order chi connectivity index (χ1) is 8.63. The van der Waals surface area contributed by atoms with Gasteiger partial charge in [0.1, 0.15) is 5.60 Å². The molecule has 2 atom stereocenters. The Morgan fingerprint density at radius 2 is 1.95 bits per heavy atom. The molecule has 0 radical (unpaired) electrons. The van der Waals surface area contributed by atoms with E-state index in [9.17, 15) is 4.79 Å². The molecule has 1 saturated carbocycles. The molecule has 2 nitrogen and oxygen atoms in total. The highest BCUT2D eigenvalue weighted by molar-refractivity contribution is 9.10. The van der Waals surface area contributed by atoms with Gasteiger partial charge in [-0.3, -0.25) is 4.79 Å². The molecule has 0 bridgehead atoms. The van der Waals surface area contributed by atoms with E-state index in [4.69, 9.17) is 4.74 Å². The first-order valence-electron chi connectivity index (χ1n) is 6.61. The number of hydrogen-bond acceptors (Lipinski definition) is 2. The van der Waals surface area contributed by atoms with Crippen molar-refractivity contribution in [2.24, 2.45) is 11.3 Å². The molecule has 1 unspecified atom stereocenters. The third kappa shape index (κ3) is 3.02. The van der Waals surface area contributed by atoms with Gasteiger partial charge in [0.15, 0.2) is 0 Å². The van der Waals surface area contributed by atoms with Gasteiger partial charge in [0.2, 0.25) is 0 Å². The van der Waals surface area contributed by atoms with Crippen molar-refractivity contribution in [3.8, 4) is 0 Å². The van der Waals surface area contributed by atoms with Crippen LogP contribution in [-0.2, 0) is 9.53 Å². The van der Waals surface area contributed by atoms with E-state index < -0.39 is 5.60 Å². The van der Waals surface area contributed by atoms with Crippen molar-refractivity contribution in [1.29, 1.82) is 0 Å². The monoisotopic (exact) mass is 324 g/mol. The van der Waals surface area contributed by atoms with Crippen LogP contribution in [0, 0.1) is 11.3 Å². The summed E-state index contributed by atoms with van der Waals surface area (Å²) >= 11 is 3.49. The number of carbonyl (C=O) groups excluding carboxylic acids is 1. The third-order valence-corrected chi connectivity index (χ3v) is 4.19. The highest BCUT2D eigenvalue weighted by Crippen LogP contribution is 2.65.